The molecule has 6 heteroatoms. The Labute approximate surface area is 155 Å². The molecule has 1 saturated carbocycles. The minimum absolute atomic E-state index is 0.0997. The molecule has 0 bridgehead atoms. The normalized spacial score (nSPS) is 22.8. The molecule has 1 N–H and O–H groups in total. The minimum Gasteiger partial charge on any atom is -0.399 e. The quantitative estimate of drug-likeness (QED) is 0.833. The van der Waals surface area contributed by atoms with Crippen LogP contribution in [0.1, 0.15) is 70.2 Å². The van der Waals surface area contributed by atoms with Crippen LogP contribution in [0.3, 0.4) is 0 Å². The van der Waals surface area contributed by atoms with Crippen molar-refractivity contribution in [1.29, 1.82) is 0 Å². The van der Waals surface area contributed by atoms with E-state index >= 15 is 0 Å². The number of halogens is 1. The molecule has 136 valence electrons. The first-order valence-corrected chi connectivity index (χ1v) is 9.53. The minimum atomic E-state index is -0.474. The zero-order valence-electron chi connectivity index (χ0n) is 15.5. The molecule has 0 aromatic heterocycles. The van der Waals surface area contributed by atoms with Gasteiger partial charge in [0.05, 0.1) is 21.8 Å². The Morgan fingerprint density at radius 1 is 1.12 bits per heavy atom. The van der Waals surface area contributed by atoms with Gasteiger partial charge in [-0.2, -0.15) is 0 Å². The molecule has 1 saturated heterocycles. The lowest BCUT2D eigenvalue weighted by molar-refractivity contribution is 0.00578. The maximum Gasteiger partial charge on any atom is 0.494 e. The predicted octanol–water partition coefficient (Wildman–Crippen LogP) is 3.70. The summed E-state index contributed by atoms with van der Waals surface area (Å²) >= 11 is 6.39. The van der Waals surface area contributed by atoms with Crippen molar-refractivity contribution in [2.45, 2.75) is 77.0 Å². The molecule has 0 spiro atoms. The molecule has 3 rings (SSSR count). The fraction of sp³-hybridized carbons (Fsp3) is 0.632. The Kier molecular flexibility index (Phi) is 5.20. The lowest BCUT2D eigenvalue weighted by Gasteiger charge is -2.32. The molecule has 2 fully saturated rings. The van der Waals surface area contributed by atoms with E-state index in [1.807, 2.05) is 33.8 Å². The maximum absolute atomic E-state index is 12.5. The number of amides is 1. The van der Waals surface area contributed by atoms with E-state index in [1.165, 1.54) is 19.3 Å². The third-order valence-electron chi connectivity index (χ3n) is 5.70. The van der Waals surface area contributed by atoms with Gasteiger partial charge in [-0.3, -0.25) is 4.79 Å². The van der Waals surface area contributed by atoms with Crippen molar-refractivity contribution >= 4 is 30.1 Å². The Bertz CT molecular complexity index is 640. The molecule has 0 atom stereocenters. The molecule has 25 heavy (non-hydrogen) atoms. The van der Waals surface area contributed by atoms with E-state index in [-0.39, 0.29) is 11.9 Å². The molecular weight excluding hydrogens is 336 g/mol. The van der Waals surface area contributed by atoms with Crippen molar-refractivity contribution < 1.29 is 14.1 Å². The average molecular weight is 364 g/mol. The third kappa shape index (κ3) is 3.89. The van der Waals surface area contributed by atoms with Crippen LogP contribution < -0.4 is 10.8 Å². The Hall–Kier alpha value is -1.04. The lowest BCUT2D eigenvalue weighted by Crippen LogP contribution is -2.41. The second-order valence-electron chi connectivity index (χ2n) is 8.14. The Morgan fingerprint density at radius 2 is 1.72 bits per heavy atom. The fourth-order valence-electron chi connectivity index (χ4n) is 3.35. The second-order valence-corrected chi connectivity index (χ2v) is 8.54. The second kappa shape index (κ2) is 6.94. The molecule has 4 nitrogen and oxygen atoms in total. The highest BCUT2D eigenvalue weighted by atomic mass is 35.5. The number of benzene rings is 1. The first-order valence-electron chi connectivity index (χ1n) is 9.15. The molecule has 1 aromatic rings. The molecule has 2 aliphatic rings. The molecular formula is C19H27BClNO3. The van der Waals surface area contributed by atoms with E-state index < -0.39 is 18.3 Å². The van der Waals surface area contributed by atoms with Crippen molar-refractivity contribution in [3.05, 3.63) is 28.8 Å². The summed E-state index contributed by atoms with van der Waals surface area (Å²) in [5.74, 6) is -0.0997. The number of carbonyl (C=O) groups is 1. The van der Waals surface area contributed by atoms with Gasteiger partial charge in [-0.1, -0.05) is 36.9 Å². The summed E-state index contributed by atoms with van der Waals surface area (Å²) < 4.78 is 12.1. The summed E-state index contributed by atoms with van der Waals surface area (Å²) in [6.07, 6.45) is 5.72. The van der Waals surface area contributed by atoms with Gasteiger partial charge >= 0.3 is 7.12 Å². The smallest absolute Gasteiger partial charge is 0.399 e. The maximum atomic E-state index is 12.5. The van der Waals surface area contributed by atoms with E-state index in [4.69, 9.17) is 20.9 Å². The van der Waals surface area contributed by atoms with Crippen LogP contribution in [0.2, 0.25) is 5.02 Å². The van der Waals surface area contributed by atoms with Crippen LogP contribution in [0.25, 0.3) is 0 Å². The van der Waals surface area contributed by atoms with E-state index in [2.05, 4.69) is 5.32 Å². The van der Waals surface area contributed by atoms with Gasteiger partial charge in [0.1, 0.15) is 0 Å². The van der Waals surface area contributed by atoms with Crippen LogP contribution in [0.4, 0.5) is 0 Å². The Morgan fingerprint density at radius 3 is 2.28 bits per heavy atom. The SMILES string of the molecule is CC1(C)OB(c2ccc(C(=O)NC3CCCCC3)c(Cl)c2)OC1(C)C. The summed E-state index contributed by atoms with van der Waals surface area (Å²) in [6, 6.07) is 5.67. The number of carbonyl (C=O) groups excluding carboxylic acids is 1. The molecule has 1 heterocycles. The number of rotatable bonds is 3. The number of hydrogen-bond acceptors (Lipinski definition) is 3. The van der Waals surface area contributed by atoms with Gasteiger partial charge in [0, 0.05) is 6.04 Å². The summed E-state index contributed by atoms with van der Waals surface area (Å²) in [6.45, 7) is 8.06. The molecule has 1 aliphatic heterocycles. The van der Waals surface area contributed by atoms with Gasteiger partial charge in [0.15, 0.2) is 0 Å². The van der Waals surface area contributed by atoms with Crippen LogP contribution in [0.15, 0.2) is 18.2 Å². The van der Waals surface area contributed by atoms with Gasteiger partial charge in [-0.05, 0) is 58.1 Å². The molecule has 1 aromatic carbocycles. The highest BCUT2D eigenvalue weighted by Crippen LogP contribution is 2.36. The number of hydrogen-bond donors (Lipinski definition) is 1. The van der Waals surface area contributed by atoms with Crippen molar-refractivity contribution in [3.8, 4) is 0 Å². The highest BCUT2D eigenvalue weighted by molar-refractivity contribution is 6.62. The van der Waals surface area contributed by atoms with Gasteiger partial charge in [-0.15, -0.1) is 0 Å². The number of nitrogens with one attached hydrogen (secondary N) is 1. The summed E-state index contributed by atoms with van der Waals surface area (Å²) in [5, 5.41) is 3.54. The standard InChI is InChI=1S/C19H27BClNO3/c1-18(2)19(3,4)25-20(24-18)13-10-11-15(16(21)12-13)17(23)22-14-8-6-5-7-9-14/h10-12,14H,5-9H2,1-4H3,(H,22,23). The first-order chi connectivity index (χ1) is 11.7. The van der Waals surface area contributed by atoms with Crippen LogP contribution in [0.5, 0.6) is 0 Å². The van der Waals surface area contributed by atoms with Crippen molar-refractivity contribution in [1.82, 2.24) is 5.32 Å². The van der Waals surface area contributed by atoms with Crippen molar-refractivity contribution in [2.24, 2.45) is 0 Å². The van der Waals surface area contributed by atoms with E-state index in [0.717, 1.165) is 18.3 Å². The van der Waals surface area contributed by atoms with Gasteiger partial charge in [0.25, 0.3) is 5.91 Å². The van der Waals surface area contributed by atoms with E-state index in [9.17, 15) is 4.79 Å². The van der Waals surface area contributed by atoms with Crippen molar-refractivity contribution in [3.63, 3.8) is 0 Å². The van der Waals surface area contributed by atoms with Gasteiger partial charge in [0.2, 0.25) is 0 Å². The topological polar surface area (TPSA) is 47.6 Å². The fourth-order valence-corrected chi connectivity index (χ4v) is 3.63. The van der Waals surface area contributed by atoms with Crippen LogP contribution in [-0.4, -0.2) is 30.3 Å². The lowest BCUT2D eigenvalue weighted by atomic mass is 9.79. The zero-order chi connectivity index (χ0) is 18.2. The predicted molar refractivity (Wildman–Crippen MR) is 102 cm³/mol. The van der Waals surface area contributed by atoms with E-state index in [0.29, 0.717) is 10.6 Å². The molecule has 0 unspecified atom stereocenters. The Balaban J connectivity index is 1.72. The zero-order valence-corrected chi connectivity index (χ0v) is 16.3. The molecule has 0 radical (unpaired) electrons. The van der Waals surface area contributed by atoms with Crippen LogP contribution in [-0.2, 0) is 9.31 Å². The summed E-state index contributed by atoms with van der Waals surface area (Å²) in [4.78, 5) is 12.5. The largest absolute Gasteiger partial charge is 0.494 e. The summed E-state index contributed by atoms with van der Waals surface area (Å²) in [7, 11) is -0.474. The van der Waals surface area contributed by atoms with Gasteiger partial charge < -0.3 is 14.6 Å². The highest BCUT2D eigenvalue weighted by Gasteiger charge is 2.51. The molecule has 1 amide bonds. The van der Waals surface area contributed by atoms with E-state index in [1.54, 1.807) is 12.1 Å². The van der Waals surface area contributed by atoms with Crippen LogP contribution >= 0.6 is 11.6 Å². The van der Waals surface area contributed by atoms with Gasteiger partial charge in [-0.25, -0.2) is 0 Å². The molecule has 1 aliphatic carbocycles. The average Bonchev–Trinajstić information content (AvgIpc) is 2.76. The monoisotopic (exact) mass is 363 g/mol. The third-order valence-corrected chi connectivity index (χ3v) is 6.02. The summed E-state index contributed by atoms with van der Waals surface area (Å²) in [5.41, 5.74) is 0.535. The van der Waals surface area contributed by atoms with Crippen molar-refractivity contribution in [2.75, 3.05) is 0 Å². The first kappa shape index (κ1) is 18.7. The van der Waals surface area contributed by atoms with Crippen LogP contribution in [0, 0.1) is 0 Å².